The Hall–Kier alpha value is -3.80. The summed E-state index contributed by atoms with van der Waals surface area (Å²) in [7, 11) is 5.34. The molecule has 0 aliphatic heterocycles. The molecule has 0 aliphatic carbocycles. The van der Waals surface area contributed by atoms with Crippen molar-refractivity contribution in [3.8, 4) is 5.75 Å². The summed E-state index contributed by atoms with van der Waals surface area (Å²) in [6, 6.07) is 22.2. The zero-order chi connectivity index (χ0) is 22.2. The molecule has 3 rings (SSSR count). The van der Waals surface area contributed by atoms with Gasteiger partial charge in [-0.25, -0.2) is 0 Å². The van der Waals surface area contributed by atoms with E-state index in [1.165, 1.54) is 0 Å². The van der Waals surface area contributed by atoms with Crippen molar-refractivity contribution in [3.63, 3.8) is 0 Å². The quantitative estimate of drug-likeness (QED) is 0.582. The second-order valence-corrected chi connectivity index (χ2v) is 7.30. The average Bonchev–Trinajstić information content (AvgIpc) is 2.79. The molecule has 3 aromatic rings. The molecular weight excluding hydrogens is 390 g/mol. The molecular formula is C25H27N3O3. The largest absolute Gasteiger partial charge is 0.497 e. The van der Waals surface area contributed by atoms with Gasteiger partial charge in [-0.2, -0.15) is 0 Å². The highest BCUT2D eigenvalue weighted by atomic mass is 16.5. The van der Waals surface area contributed by atoms with Crippen LogP contribution in [-0.2, 0) is 6.42 Å². The molecule has 6 nitrogen and oxygen atoms in total. The molecule has 0 saturated heterocycles. The number of carbonyl (C=O) groups is 2. The van der Waals surface area contributed by atoms with Crippen LogP contribution in [0.25, 0.3) is 0 Å². The number of nitrogens with one attached hydrogen (secondary N) is 2. The molecule has 0 fully saturated rings. The zero-order valence-corrected chi connectivity index (χ0v) is 18.0. The lowest BCUT2D eigenvalue weighted by atomic mass is 10.1. The molecule has 0 bridgehead atoms. The first-order valence-electron chi connectivity index (χ1n) is 10.1. The summed E-state index contributed by atoms with van der Waals surface area (Å²) in [5.74, 6) is 0.247. The molecule has 0 heterocycles. The Bertz CT molecular complexity index is 1030. The summed E-state index contributed by atoms with van der Waals surface area (Å²) in [5.41, 5.74) is 3.51. The van der Waals surface area contributed by atoms with E-state index in [0.717, 1.165) is 17.7 Å². The van der Waals surface area contributed by atoms with Crippen LogP contribution in [0.5, 0.6) is 5.75 Å². The molecule has 0 spiro atoms. The fourth-order valence-electron chi connectivity index (χ4n) is 3.19. The molecule has 6 heteroatoms. The van der Waals surface area contributed by atoms with Crippen molar-refractivity contribution in [2.45, 2.75) is 6.42 Å². The first kappa shape index (κ1) is 21.9. The van der Waals surface area contributed by atoms with E-state index in [9.17, 15) is 9.59 Å². The van der Waals surface area contributed by atoms with E-state index in [1.54, 1.807) is 43.5 Å². The summed E-state index contributed by atoms with van der Waals surface area (Å²) in [6.45, 7) is 0.526. The predicted octanol–water partition coefficient (Wildman–Crippen LogP) is 3.99. The second-order valence-electron chi connectivity index (χ2n) is 7.30. The van der Waals surface area contributed by atoms with Gasteiger partial charge in [-0.3, -0.25) is 9.59 Å². The Kier molecular flexibility index (Phi) is 7.27. The van der Waals surface area contributed by atoms with Crippen LogP contribution in [0.15, 0.2) is 72.8 Å². The predicted molar refractivity (Wildman–Crippen MR) is 124 cm³/mol. The van der Waals surface area contributed by atoms with E-state index in [2.05, 4.69) is 10.6 Å². The monoisotopic (exact) mass is 417 g/mol. The highest BCUT2D eigenvalue weighted by Crippen LogP contribution is 2.24. The van der Waals surface area contributed by atoms with Gasteiger partial charge in [0, 0.05) is 37.6 Å². The van der Waals surface area contributed by atoms with Crippen molar-refractivity contribution in [2.75, 3.05) is 38.0 Å². The van der Waals surface area contributed by atoms with Crippen LogP contribution in [0.3, 0.4) is 0 Å². The van der Waals surface area contributed by atoms with Crippen LogP contribution in [0.2, 0.25) is 0 Å². The smallest absolute Gasteiger partial charge is 0.255 e. The van der Waals surface area contributed by atoms with Crippen molar-refractivity contribution >= 4 is 23.2 Å². The highest BCUT2D eigenvalue weighted by molar-refractivity contribution is 6.06. The van der Waals surface area contributed by atoms with Crippen molar-refractivity contribution in [3.05, 3.63) is 89.5 Å². The Balaban J connectivity index is 1.71. The van der Waals surface area contributed by atoms with Gasteiger partial charge < -0.3 is 20.3 Å². The lowest BCUT2D eigenvalue weighted by Crippen LogP contribution is -2.28. The number of hydrogen-bond acceptors (Lipinski definition) is 4. The topological polar surface area (TPSA) is 70.7 Å². The second kappa shape index (κ2) is 10.3. The first-order chi connectivity index (χ1) is 15.0. The number of carbonyl (C=O) groups excluding carboxylic acids is 2. The van der Waals surface area contributed by atoms with Crippen LogP contribution >= 0.6 is 0 Å². The highest BCUT2D eigenvalue weighted by Gasteiger charge is 2.15. The first-order valence-corrected chi connectivity index (χ1v) is 10.1. The molecule has 3 aromatic carbocycles. The van der Waals surface area contributed by atoms with E-state index >= 15 is 0 Å². The molecule has 0 radical (unpaired) electrons. The summed E-state index contributed by atoms with van der Waals surface area (Å²) in [6.07, 6.45) is 0.748. The molecule has 2 amide bonds. The Morgan fingerprint density at radius 1 is 0.903 bits per heavy atom. The van der Waals surface area contributed by atoms with Crippen molar-refractivity contribution in [1.29, 1.82) is 0 Å². The molecule has 31 heavy (non-hydrogen) atoms. The summed E-state index contributed by atoms with van der Waals surface area (Å²) < 4.78 is 5.12. The Morgan fingerprint density at radius 3 is 2.26 bits per heavy atom. The van der Waals surface area contributed by atoms with Gasteiger partial charge >= 0.3 is 0 Å². The average molecular weight is 418 g/mol. The third-order valence-corrected chi connectivity index (χ3v) is 4.88. The third-order valence-electron chi connectivity index (χ3n) is 4.88. The van der Waals surface area contributed by atoms with Crippen LogP contribution in [0, 0.1) is 0 Å². The lowest BCUT2D eigenvalue weighted by molar-refractivity contribution is 0.0953. The fourth-order valence-corrected chi connectivity index (χ4v) is 3.19. The lowest BCUT2D eigenvalue weighted by Gasteiger charge is -2.18. The number of rotatable bonds is 8. The van der Waals surface area contributed by atoms with E-state index in [4.69, 9.17) is 4.74 Å². The van der Waals surface area contributed by atoms with Crippen molar-refractivity contribution in [1.82, 2.24) is 5.32 Å². The Labute approximate surface area is 182 Å². The number of amides is 2. The molecule has 0 aromatic heterocycles. The normalized spacial score (nSPS) is 10.3. The molecule has 0 atom stereocenters. The third kappa shape index (κ3) is 5.85. The number of methoxy groups -OCH3 is 1. The fraction of sp³-hybridized carbons (Fsp3) is 0.200. The summed E-state index contributed by atoms with van der Waals surface area (Å²) in [4.78, 5) is 27.3. The van der Waals surface area contributed by atoms with Crippen molar-refractivity contribution < 1.29 is 14.3 Å². The summed E-state index contributed by atoms with van der Waals surface area (Å²) >= 11 is 0. The van der Waals surface area contributed by atoms with Gasteiger partial charge in [0.25, 0.3) is 11.8 Å². The SMILES string of the molecule is COc1ccc(C(=O)Nc2ccc(N(C)C)c(C(=O)NCCc3ccccc3)c2)cc1. The van der Waals surface area contributed by atoms with E-state index < -0.39 is 0 Å². The molecule has 2 N–H and O–H groups in total. The van der Waals surface area contributed by atoms with Gasteiger partial charge in [0.1, 0.15) is 5.75 Å². The maximum absolute atomic E-state index is 12.9. The minimum Gasteiger partial charge on any atom is -0.497 e. The van der Waals surface area contributed by atoms with Gasteiger partial charge in [-0.15, -0.1) is 0 Å². The number of anilines is 2. The van der Waals surface area contributed by atoms with Gasteiger partial charge in [0.15, 0.2) is 0 Å². The molecule has 0 unspecified atom stereocenters. The number of benzene rings is 3. The maximum Gasteiger partial charge on any atom is 0.255 e. The molecule has 160 valence electrons. The minimum absolute atomic E-state index is 0.180. The van der Waals surface area contributed by atoms with Gasteiger partial charge in [0.2, 0.25) is 0 Å². The van der Waals surface area contributed by atoms with Gasteiger partial charge in [-0.05, 0) is 54.4 Å². The van der Waals surface area contributed by atoms with Crippen LogP contribution < -0.4 is 20.3 Å². The summed E-state index contributed by atoms with van der Waals surface area (Å²) in [5, 5.41) is 5.84. The van der Waals surface area contributed by atoms with Crippen LogP contribution in [0.4, 0.5) is 11.4 Å². The Morgan fingerprint density at radius 2 is 1.61 bits per heavy atom. The molecule has 0 aliphatic rings. The van der Waals surface area contributed by atoms with E-state index in [0.29, 0.717) is 29.1 Å². The number of nitrogens with zero attached hydrogens (tertiary/aromatic N) is 1. The van der Waals surface area contributed by atoms with Gasteiger partial charge in [0.05, 0.1) is 12.7 Å². The van der Waals surface area contributed by atoms with E-state index in [-0.39, 0.29) is 11.8 Å². The number of ether oxygens (including phenoxy) is 1. The molecule has 0 saturated carbocycles. The zero-order valence-electron chi connectivity index (χ0n) is 18.0. The van der Waals surface area contributed by atoms with Gasteiger partial charge in [-0.1, -0.05) is 30.3 Å². The van der Waals surface area contributed by atoms with Crippen LogP contribution in [-0.4, -0.2) is 39.6 Å². The van der Waals surface area contributed by atoms with Crippen molar-refractivity contribution in [2.24, 2.45) is 0 Å². The standard InChI is InChI=1S/C25H27N3O3/c1-28(2)23-14-11-20(27-24(29)19-9-12-21(31-3)13-10-19)17-22(23)25(30)26-16-15-18-7-5-4-6-8-18/h4-14,17H,15-16H2,1-3H3,(H,26,30)(H,27,29). The van der Waals surface area contributed by atoms with E-state index in [1.807, 2.05) is 55.4 Å². The van der Waals surface area contributed by atoms with Crippen LogP contribution in [0.1, 0.15) is 26.3 Å². The maximum atomic E-state index is 12.9. The number of hydrogen-bond donors (Lipinski definition) is 2. The minimum atomic E-state index is -0.254.